The van der Waals surface area contributed by atoms with Crippen molar-refractivity contribution >= 4 is 40.8 Å². The van der Waals surface area contributed by atoms with Crippen LogP contribution in [0.5, 0.6) is 0 Å². The Balaban J connectivity index is 1.30. The molecule has 0 radical (unpaired) electrons. The number of halogens is 1. The number of anilines is 1. The molecular formula is C22H15ClN4O7. The first-order valence-corrected chi connectivity index (χ1v) is 10.4. The van der Waals surface area contributed by atoms with E-state index in [1.807, 2.05) is 30.3 Å². The van der Waals surface area contributed by atoms with E-state index in [2.05, 4.69) is 32.3 Å². The van der Waals surface area contributed by atoms with Crippen molar-refractivity contribution in [3.05, 3.63) is 58.6 Å². The number of aromatic nitrogens is 3. The van der Waals surface area contributed by atoms with Crippen LogP contribution in [0, 0.1) is 11.8 Å². The van der Waals surface area contributed by atoms with E-state index in [1.54, 1.807) is 6.92 Å². The van der Waals surface area contributed by atoms with Crippen molar-refractivity contribution in [2.75, 3.05) is 5.32 Å². The number of benzene rings is 1. The molecule has 0 spiro atoms. The summed E-state index contributed by atoms with van der Waals surface area (Å²) >= 11 is 6.01. The van der Waals surface area contributed by atoms with Crippen LogP contribution in [0.25, 0.3) is 11.4 Å². The molecular weight excluding hydrogens is 468 g/mol. The van der Waals surface area contributed by atoms with E-state index in [0.717, 1.165) is 5.56 Å². The van der Waals surface area contributed by atoms with E-state index < -0.39 is 23.6 Å². The van der Waals surface area contributed by atoms with Gasteiger partial charge in [-0.25, -0.2) is 4.79 Å². The van der Waals surface area contributed by atoms with Crippen molar-refractivity contribution in [3.8, 4) is 11.8 Å². The van der Waals surface area contributed by atoms with Crippen molar-refractivity contribution in [2.24, 2.45) is 0 Å². The third kappa shape index (κ3) is 3.95. The first kappa shape index (κ1) is 21.5. The maximum absolute atomic E-state index is 12.3. The van der Waals surface area contributed by atoms with Gasteiger partial charge in [-0.3, -0.25) is 10.1 Å². The minimum Gasteiger partial charge on any atom is -0.480 e. The van der Waals surface area contributed by atoms with Crippen molar-refractivity contribution in [3.63, 3.8) is 0 Å². The number of aliphatic carboxylic acids is 1. The standard InChI is InChI=1S/C22H15ClN4O7/c1-11(12-5-3-2-4-6-12)31-21(30)25-15-13(34-27-16(15)23)7-8-14-24-17-18(32-14)33-19(26-17)22(9-10-22)20(28)29/h2-6,11H,9-10H2,1H3,(H,25,30)(H,28,29). The molecule has 2 N–H and O–H groups in total. The highest BCUT2D eigenvalue weighted by Gasteiger charge is 2.56. The lowest BCUT2D eigenvalue weighted by molar-refractivity contribution is -0.140. The number of carbonyl (C=O) groups excluding carboxylic acids is 1. The fraction of sp³-hybridized carbons (Fsp3) is 0.227. The topological polar surface area (TPSA) is 154 Å². The molecule has 1 atom stereocenters. The summed E-state index contributed by atoms with van der Waals surface area (Å²) < 4.78 is 21.2. The average molecular weight is 483 g/mol. The molecule has 1 aromatic carbocycles. The molecule has 11 nitrogen and oxygen atoms in total. The summed E-state index contributed by atoms with van der Waals surface area (Å²) in [5, 5.41) is 15.3. The Morgan fingerprint density at radius 3 is 2.65 bits per heavy atom. The van der Waals surface area contributed by atoms with Crippen LogP contribution >= 0.6 is 11.6 Å². The Morgan fingerprint density at radius 1 is 1.21 bits per heavy atom. The van der Waals surface area contributed by atoms with E-state index in [4.69, 9.17) is 29.7 Å². The Bertz CT molecular complexity index is 1430. The number of rotatable bonds is 5. The maximum atomic E-state index is 12.3. The number of hydrogen-bond acceptors (Lipinski definition) is 9. The Morgan fingerprint density at radius 2 is 1.97 bits per heavy atom. The van der Waals surface area contributed by atoms with Crippen LogP contribution in [0.1, 0.15) is 49.0 Å². The summed E-state index contributed by atoms with van der Waals surface area (Å²) in [6.45, 7) is 1.73. The number of nitrogens with zero attached hydrogens (tertiary/aromatic N) is 3. The fourth-order valence-electron chi connectivity index (χ4n) is 3.20. The Hall–Kier alpha value is -4.30. The van der Waals surface area contributed by atoms with Gasteiger partial charge in [-0.05, 0) is 31.2 Å². The second-order valence-corrected chi connectivity index (χ2v) is 7.91. The number of carbonyl (C=O) groups is 2. The first-order chi connectivity index (χ1) is 16.4. The van der Waals surface area contributed by atoms with Gasteiger partial charge < -0.3 is 23.2 Å². The zero-order valence-corrected chi connectivity index (χ0v) is 18.3. The van der Waals surface area contributed by atoms with Crippen LogP contribution in [-0.4, -0.2) is 32.3 Å². The summed E-state index contributed by atoms with van der Waals surface area (Å²) in [4.78, 5) is 31.9. The molecule has 1 amide bonds. The summed E-state index contributed by atoms with van der Waals surface area (Å²) in [5.74, 6) is 4.10. The van der Waals surface area contributed by atoms with Crippen molar-refractivity contribution in [1.29, 1.82) is 0 Å². The molecule has 3 heterocycles. The number of carboxylic acid groups (broad SMARTS) is 1. The van der Waals surface area contributed by atoms with E-state index in [-0.39, 0.29) is 39.8 Å². The molecule has 0 saturated heterocycles. The van der Waals surface area contributed by atoms with Gasteiger partial charge in [0.2, 0.25) is 17.3 Å². The summed E-state index contributed by atoms with van der Waals surface area (Å²) in [7, 11) is 0. The molecule has 1 aliphatic rings. The first-order valence-electron chi connectivity index (χ1n) is 10.1. The zero-order valence-electron chi connectivity index (χ0n) is 17.5. The molecule has 5 rings (SSSR count). The smallest absolute Gasteiger partial charge is 0.412 e. The lowest BCUT2D eigenvalue weighted by Crippen LogP contribution is -2.19. The van der Waals surface area contributed by atoms with Crippen LogP contribution < -0.4 is 5.32 Å². The molecule has 3 aromatic heterocycles. The van der Waals surface area contributed by atoms with Gasteiger partial charge in [-0.1, -0.05) is 47.1 Å². The van der Waals surface area contributed by atoms with Crippen molar-refractivity contribution in [2.45, 2.75) is 31.3 Å². The van der Waals surface area contributed by atoms with E-state index in [0.29, 0.717) is 12.8 Å². The number of carboxylic acids is 1. The quantitative estimate of drug-likeness (QED) is 0.394. The SMILES string of the molecule is CC(OC(=O)Nc1c(Cl)noc1C#Cc1nc2nc(C3(C(=O)O)CC3)oc2o1)c1ccccc1. The number of fused-ring (bicyclic) bond motifs is 1. The van der Waals surface area contributed by atoms with Gasteiger partial charge in [-0.15, -0.1) is 0 Å². The molecule has 1 saturated carbocycles. The highest BCUT2D eigenvalue weighted by molar-refractivity contribution is 6.32. The van der Waals surface area contributed by atoms with Crippen molar-refractivity contribution < 1.29 is 32.8 Å². The average Bonchev–Trinajstić information content (AvgIpc) is 3.26. The van der Waals surface area contributed by atoms with Gasteiger partial charge in [0.15, 0.2) is 5.15 Å². The second-order valence-electron chi connectivity index (χ2n) is 7.55. The van der Waals surface area contributed by atoms with Crippen molar-refractivity contribution in [1.82, 2.24) is 15.1 Å². The predicted molar refractivity (Wildman–Crippen MR) is 115 cm³/mol. The molecule has 34 heavy (non-hydrogen) atoms. The zero-order chi connectivity index (χ0) is 23.9. The van der Waals surface area contributed by atoms with Gasteiger partial charge in [-0.2, -0.15) is 9.97 Å². The molecule has 4 aromatic rings. The minimum atomic E-state index is -1.11. The molecule has 0 aliphatic heterocycles. The molecule has 1 aliphatic carbocycles. The Kier molecular flexibility index (Phi) is 5.22. The number of ether oxygens (including phenoxy) is 1. The van der Waals surface area contributed by atoms with Crippen LogP contribution in [0.3, 0.4) is 0 Å². The largest absolute Gasteiger partial charge is 0.480 e. The number of amides is 1. The minimum absolute atomic E-state index is 0.0206. The van der Waals surface area contributed by atoms with Gasteiger partial charge >= 0.3 is 17.8 Å². The van der Waals surface area contributed by atoms with Crippen LogP contribution in [0.15, 0.2) is 43.7 Å². The summed E-state index contributed by atoms with van der Waals surface area (Å²) in [5.41, 5.74) is -0.180. The van der Waals surface area contributed by atoms with E-state index in [9.17, 15) is 14.7 Å². The van der Waals surface area contributed by atoms with Crippen LogP contribution in [0.2, 0.25) is 5.15 Å². The molecule has 172 valence electrons. The lowest BCUT2D eigenvalue weighted by atomic mass is 10.1. The summed E-state index contributed by atoms with van der Waals surface area (Å²) in [6.07, 6.45) is -0.410. The predicted octanol–water partition coefficient (Wildman–Crippen LogP) is 4.28. The normalized spacial score (nSPS) is 14.8. The van der Waals surface area contributed by atoms with E-state index >= 15 is 0 Å². The van der Waals surface area contributed by atoms with Crippen LogP contribution in [-0.2, 0) is 14.9 Å². The van der Waals surface area contributed by atoms with Gasteiger partial charge in [0.1, 0.15) is 17.2 Å². The maximum Gasteiger partial charge on any atom is 0.412 e. The second kappa shape index (κ2) is 8.24. The third-order valence-electron chi connectivity index (χ3n) is 5.26. The van der Waals surface area contributed by atoms with Gasteiger partial charge in [0.25, 0.3) is 5.89 Å². The van der Waals surface area contributed by atoms with E-state index in [1.165, 1.54) is 0 Å². The molecule has 12 heteroatoms. The van der Waals surface area contributed by atoms with Crippen LogP contribution in [0.4, 0.5) is 10.5 Å². The highest BCUT2D eigenvalue weighted by Crippen LogP contribution is 2.48. The molecule has 1 fully saturated rings. The molecule has 0 bridgehead atoms. The lowest BCUT2D eigenvalue weighted by Gasteiger charge is -2.13. The van der Waals surface area contributed by atoms with Gasteiger partial charge in [0.05, 0.1) is 0 Å². The van der Waals surface area contributed by atoms with Gasteiger partial charge in [0, 0.05) is 5.92 Å². The number of nitrogens with one attached hydrogen (secondary N) is 1. The molecule has 1 unspecified atom stereocenters. The monoisotopic (exact) mass is 482 g/mol. The summed E-state index contributed by atoms with van der Waals surface area (Å²) in [6, 6.07) is 9.19. The third-order valence-corrected chi connectivity index (χ3v) is 5.52. The number of hydrogen-bond donors (Lipinski definition) is 2. The highest BCUT2D eigenvalue weighted by atomic mass is 35.5. The number of oxazole rings is 2. The fourth-order valence-corrected chi connectivity index (χ4v) is 3.37. The Labute approximate surface area is 196 Å².